The lowest BCUT2D eigenvalue weighted by molar-refractivity contribution is 0.577. The van der Waals surface area contributed by atoms with Crippen LogP contribution >= 0.6 is 0 Å². The van der Waals surface area contributed by atoms with E-state index in [0.29, 0.717) is 0 Å². The van der Waals surface area contributed by atoms with Crippen molar-refractivity contribution in [2.24, 2.45) is 0 Å². The van der Waals surface area contributed by atoms with Gasteiger partial charge in [0.1, 0.15) is 11.3 Å². The third-order valence-corrected chi connectivity index (χ3v) is 4.01. The molecule has 3 heteroatoms. The molecule has 1 aliphatic rings. The van der Waals surface area contributed by atoms with Crippen molar-refractivity contribution in [1.82, 2.24) is 4.98 Å². The van der Waals surface area contributed by atoms with Gasteiger partial charge in [0.15, 0.2) is 5.76 Å². The van der Waals surface area contributed by atoms with Crippen LogP contribution in [-0.2, 0) is 5.41 Å². The fourth-order valence-electron chi connectivity index (χ4n) is 2.98. The lowest BCUT2D eigenvalue weighted by Crippen LogP contribution is -2.20. The molecule has 0 aliphatic carbocycles. The number of furan rings is 1. The predicted molar refractivity (Wildman–Crippen MR) is 81.0 cm³/mol. The molecule has 0 saturated heterocycles. The van der Waals surface area contributed by atoms with Gasteiger partial charge in [-0.2, -0.15) is 0 Å². The van der Waals surface area contributed by atoms with E-state index in [0.717, 1.165) is 29.0 Å². The van der Waals surface area contributed by atoms with Gasteiger partial charge in [-0.05, 0) is 18.2 Å². The van der Waals surface area contributed by atoms with Crippen LogP contribution in [-0.4, -0.2) is 11.5 Å². The van der Waals surface area contributed by atoms with Crippen molar-refractivity contribution in [3.63, 3.8) is 0 Å². The molecular weight excluding hydrogens is 248 g/mol. The Hall–Kier alpha value is -2.29. The van der Waals surface area contributed by atoms with Crippen LogP contribution in [0.2, 0.25) is 0 Å². The molecule has 3 aromatic rings. The molecule has 2 aromatic heterocycles. The summed E-state index contributed by atoms with van der Waals surface area (Å²) in [5, 5.41) is 4.57. The average molecular weight is 264 g/mol. The van der Waals surface area contributed by atoms with Gasteiger partial charge in [-0.15, -0.1) is 0 Å². The summed E-state index contributed by atoms with van der Waals surface area (Å²) in [4.78, 5) is 4.58. The van der Waals surface area contributed by atoms with E-state index in [1.807, 2.05) is 30.5 Å². The maximum Gasteiger partial charge on any atom is 0.154 e. The van der Waals surface area contributed by atoms with E-state index in [4.69, 9.17) is 4.42 Å². The third-order valence-electron chi connectivity index (χ3n) is 4.01. The highest BCUT2D eigenvalue weighted by atomic mass is 16.3. The molecule has 0 bridgehead atoms. The summed E-state index contributed by atoms with van der Waals surface area (Å²) in [6, 6.07) is 12.2. The van der Waals surface area contributed by atoms with Crippen molar-refractivity contribution in [3.05, 3.63) is 48.2 Å². The molecule has 3 heterocycles. The second-order valence-electron chi connectivity index (χ2n) is 5.97. The van der Waals surface area contributed by atoms with Gasteiger partial charge in [0.2, 0.25) is 0 Å². The number of nitrogens with zero attached hydrogens (tertiary/aromatic N) is 1. The summed E-state index contributed by atoms with van der Waals surface area (Å²) in [5.74, 6) is 0.847. The number of anilines is 1. The first kappa shape index (κ1) is 11.5. The molecule has 0 radical (unpaired) electrons. The Morgan fingerprint density at radius 2 is 2.05 bits per heavy atom. The predicted octanol–water partition coefficient (Wildman–Crippen LogP) is 4.20. The average Bonchev–Trinajstić information content (AvgIpc) is 3.00. The van der Waals surface area contributed by atoms with Crippen LogP contribution in [0.1, 0.15) is 19.4 Å². The molecule has 1 N–H and O–H groups in total. The number of hydrogen-bond donors (Lipinski definition) is 1. The van der Waals surface area contributed by atoms with Gasteiger partial charge in [0.05, 0.1) is 0 Å². The van der Waals surface area contributed by atoms with Gasteiger partial charge in [-0.1, -0.05) is 32.0 Å². The molecule has 1 aromatic carbocycles. The van der Waals surface area contributed by atoms with Crippen LogP contribution in [0.15, 0.2) is 47.0 Å². The molecule has 20 heavy (non-hydrogen) atoms. The summed E-state index contributed by atoms with van der Waals surface area (Å²) < 4.78 is 5.98. The second-order valence-corrected chi connectivity index (χ2v) is 5.97. The minimum atomic E-state index is 0.0674. The topological polar surface area (TPSA) is 38.1 Å². The Balaban J connectivity index is 1.97. The van der Waals surface area contributed by atoms with Crippen LogP contribution in [0.5, 0.6) is 0 Å². The van der Waals surface area contributed by atoms with Crippen LogP contribution in [0.3, 0.4) is 0 Å². The maximum absolute atomic E-state index is 5.98. The Morgan fingerprint density at radius 1 is 1.20 bits per heavy atom. The molecule has 3 nitrogen and oxygen atoms in total. The highest BCUT2D eigenvalue weighted by Gasteiger charge is 2.34. The Bertz CT molecular complexity index is 769. The molecule has 0 saturated carbocycles. The molecule has 0 fully saturated rings. The SMILES string of the molecule is CC1(C)CNc2ccnc(-c3cc4ccccc4o3)c21. The number of hydrogen-bond acceptors (Lipinski definition) is 3. The van der Waals surface area contributed by atoms with Gasteiger partial charge < -0.3 is 9.73 Å². The molecule has 0 amide bonds. The Morgan fingerprint density at radius 3 is 2.90 bits per heavy atom. The van der Waals surface area contributed by atoms with Gasteiger partial charge in [-0.3, -0.25) is 4.98 Å². The van der Waals surface area contributed by atoms with Crippen molar-refractivity contribution >= 4 is 16.7 Å². The second kappa shape index (κ2) is 3.85. The number of nitrogens with one attached hydrogen (secondary N) is 1. The van der Waals surface area contributed by atoms with Crippen LogP contribution < -0.4 is 5.32 Å². The smallest absolute Gasteiger partial charge is 0.154 e. The van der Waals surface area contributed by atoms with Gasteiger partial charge in [-0.25, -0.2) is 0 Å². The summed E-state index contributed by atoms with van der Waals surface area (Å²) in [5.41, 5.74) is 4.34. The van der Waals surface area contributed by atoms with E-state index in [1.54, 1.807) is 0 Å². The molecular formula is C17H16N2O. The van der Waals surface area contributed by atoms with Crippen molar-refractivity contribution < 1.29 is 4.42 Å². The number of rotatable bonds is 1. The lowest BCUT2D eigenvalue weighted by Gasteiger charge is -2.18. The molecule has 0 atom stereocenters. The summed E-state index contributed by atoms with van der Waals surface area (Å²) in [6.45, 7) is 5.40. The maximum atomic E-state index is 5.98. The number of pyridine rings is 1. The van der Waals surface area contributed by atoms with Gasteiger partial charge in [0.25, 0.3) is 0 Å². The number of aromatic nitrogens is 1. The Kier molecular flexibility index (Phi) is 2.22. The molecule has 0 spiro atoms. The normalized spacial score (nSPS) is 16.1. The third kappa shape index (κ3) is 1.56. The molecule has 100 valence electrons. The van der Waals surface area contributed by atoms with E-state index in [1.165, 1.54) is 11.3 Å². The van der Waals surface area contributed by atoms with Crippen molar-refractivity contribution in [3.8, 4) is 11.5 Å². The first-order valence-electron chi connectivity index (χ1n) is 6.87. The molecule has 1 aliphatic heterocycles. The summed E-state index contributed by atoms with van der Waals surface area (Å²) >= 11 is 0. The Labute approximate surface area is 117 Å². The van der Waals surface area contributed by atoms with E-state index >= 15 is 0 Å². The van der Waals surface area contributed by atoms with E-state index in [2.05, 4.69) is 36.3 Å². The van der Waals surface area contributed by atoms with Gasteiger partial charge >= 0.3 is 0 Å². The minimum Gasteiger partial charge on any atom is -0.454 e. The van der Waals surface area contributed by atoms with E-state index in [-0.39, 0.29) is 5.41 Å². The summed E-state index contributed by atoms with van der Waals surface area (Å²) in [6.07, 6.45) is 1.84. The van der Waals surface area contributed by atoms with Crippen molar-refractivity contribution in [1.29, 1.82) is 0 Å². The number of benzene rings is 1. The fraction of sp³-hybridized carbons (Fsp3) is 0.235. The lowest BCUT2D eigenvalue weighted by atomic mass is 9.85. The van der Waals surface area contributed by atoms with Crippen LogP contribution in [0.4, 0.5) is 5.69 Å². The molecule has 0 unspecified atom stereocenters. The zero-order valence-electron chi connectivity index (χ0n) is 11.6. The van der Waals surface area contributed by atoms with E-state index in [9.17, 15) is 0 Å². The van der Waals surface area contributed by atoms with Crippen LogP contribution in [0, 0.1) is 0 Å². The fourth-order valence-corrected chi connectivity index (χ4v) is 2.98. The monoisotopic (exact) mass is 264 g/mol. The van der Waals surface area contributed by atoms with E-state index < -0.39 is 0 Å². The largest absolute Gasteiger partial charge is 0.454 e. The van der Waals surface area contributed by atoms with Crippen molar-refractivity contribution in [2.45, 2.75) is 19.3 Å². The zero-order chi connectivity index (χ0) is 13.7. The minimum absolute atomic E-state index is 0.0674. The first-order chi connectivity index (χ1) is 9.65. The highest BCUT2D eigenvalue weighted by molar-refractivity contribution is 5.84. The number of fused-ring (bicyclic) bond motifs is 2. The standard InChI is InChI=1S/C17H16N2O/c1-17(2)10-19-12-7-8-18-16(15(12)17)14-9-11-5-3-4-6-13(11)20-14/h3-9,19H,10H2,1-2H3. The zero-order valence-corrected chi connectivity index (χ0v) is 11.6. The summed E-state index contributed by atoms with van der Waals surface area (Å²) in [7, 11) is 0. The quantitative estimate of drug-likeness (QED) is 0.716. The number of para-hydroxylation sites is 1. The van der Waals surface area contributed by atoms with Crippen LogP contribution in [0.25, 0.3) is 22.4 Å². The highest BCUT2D eigenvalue weighted by Crippen LogP contribution is 2.42. The van der Waals surface area contributed by atoms with Crippen molar-refractivity contribution in [2.75, 3.05) is 11.9 Å². The molecule has 4 rings (SSSR count). The first-order valence-corrected chi connectivity index (χ1v) is 6.87. The van der Waals surface area contributed by atoms with Gasteiger partial charge in [0, 0.05) is 34.8 Å².